The molecule has 21 heavy (non-hydrogen) atoms. The number of pyridine rings is 1. The van der Waals surface area contributed by atoms with Crippen LogP contribution in [-0.2, 0) is 11.3 Å². The van der Waals surface area contributed by atoms with Crippen molar-refractivity contribution in [2.45, 2.75) is 31.2 Å². The molecule has 114 valence electrons. The van der Waals surface area contributed by atoms with Crippen LogP contribution in [0.4, 0.5) is 8.78 Å². The smallest absolute Gasteiger partial charge is 0.261 e. The van der Waals surface area contributed by atoms with Gasteiger partial charge in [0.05, 0.1) is 24.5 Å². The van der Waals surface area contributed by atoms with Gasteiger partial charge in [0, 0.05) is 32.0 Å². The zero-order valence-electron chi connectivity index (χ0n) is 12.0. The van der Waals surface area contributed by atoms with Gasteiger partial charge in [-0.3, -0.25) is 9.88 Å². The zero-order chi connectivity index (χ0) is 14.9. The predicted octanol–water partition coefficient (Wildman–Crippen LogP) is 3.07. The molecule has 3 heterocycles. The van der Waals surface area contributed by atoms with Gasteiger partial charge < -0.3 is 4.74 Å². The van der Waals surface area contributed by atoms with Crippen LogP contribution in [0.15, 0.2) is 18.7 Å². The second-order valence-corrected chi connectivity index (χ2v) is 5.85. The van der Waals surface area contributed by atoms with Gasteiger partial charge in [0.25, 0.3) is 5.92 Å². The average Bonchev–Trinajstić information content (AvgIpc) is 3.08. The molecule has 1 unspecified atom stereocenters. The fourth-order valence-electron chi connectivity index (χ4n) is 3.07. The summed E-state index contributed by atoms with van der Waals surface area (Å²) in [7, 11) is 0. The number of nitrogens with zero attached hydrogens (tertiary/aromatic N) is 2. The van der Waals surface area contributed by atoms with E-state index in [1.807, 2.05) is 12.1 Å². The molecule has 5 heteroatoms. The molecule has 1 atom stereocenters. The molecule has 0 N–H and O–H groups in total. The lowest BCUT2D eigenvalue weighted by atomic mass is 9.96. The van der Waals surface area contributed by atoms with E-state index in [0.29, 0.717) is 25.6 Å². The lowest BCUT2D eigenvalue weighted by molar-refractivity contribution is 0.0113. The van der Waals surface area contributed by atoms with Gasteiger partial charge in [-0.05, 0) is 24.1 Å². The lowest BCUT2D eigenvalue weighted by Gasteiger charge is -2.20. The summed E-state index contributed by atoms with van der Waals surface area (Å²) in [6, 6.07) is 3.98. The van der Waals surface area contributed by atoms with Crippen molar-refractivity contribution in [3.05, 3.63) is 35.7 Å². The molecule has 1 aromatic rings. The molecular formula is C16H20F2N2O. The zero-order valence-corrected chi connectivity index (χ0v) is 12.0. The Labute approximate surface area is 123 Å². The van der Waals surface area contributed by atoms with Crippen molar-refractivity contribution < 1.29 is 13.5 Å². The summed E-state index contributed by atoms with van der Waals surface area (Å²) < 4.78 is 32.1. The third-order valence-corrected chi connectivity index (χ3v) is 4.23. The standard InChI is InChI=1S/C16H20F2N2O/c1-2-13-3-4-14(12-5-8-21-10-12)15(19-13)9-20-7-6-16(17,18)11-20/h2-4,12H,1,5-11H2. The molecule has 0 amide bonds. The molecule has 0 bridgehead atoms. The Bertz CT molecular complexity index is 527. The summed E-state index contributed by atoms with van der Waals surface area (Å²) in [6.45, 7) is 5.91. The largest absolute Gasteiger partial charge is 0.381 e. The highest BCUT2D eigenvalue weighted by atomic mass is 19.3. The molecule has 1 aromatic heterocycles. The van der Waals surface area contributed by atoms with Gasteiger partial charge >= 0.3 is 0 Å². The third kappa shape index (κ3) is 3.30. The minimum Gasteiger partial charge on any atom is -0.381 e. The van der Waals surface area contributed by atoms with E-state index in [1.165, 1.54) is 0 Å². The number of aromatic nitrogens is 1. The maximum Gasteiger partial charge on any atom is 0.261 e. The first-order chi connectivity index (χ1) is 10.1. The van der Waals surface area contributed by atoms with Gasteiger partial charge in [-0.15, -0.1) is 0 Å². The van der Waals surface area contributed by atoms with Crippen molar-refractivity contribution in [2.24, 2.45) is 0 Å². The Morgan fingerprint density at radius 2 is 2.33 bits per heavy atom. The number of likely N-dealkylation sites (tertiary alicyclic amines) is 1. The minimum absolute atomic E-state index is 0.0595. The fraction of sp³-hybridized carbons (Fsp3) is 0.562. The van der Waals surface area contributed by atoms with Gasteiger partial charge in [0.2, 0.25) is 0 Å². The molecule has 0 aromatic carbocycles. The Kier molecular flexibility index (Phi) is 4.04. The molecule has 2 aliphatic rings. The van der Waals surface area contributed by atoms with Gasteiger partial charge in [-0.1, -0.05) is 12.6 Å². The Hall–Kier alpha value is -1.33. The molecular weight excluding hydrogens is 274 g/mol. The first kappa shape index (κ1) is 14.6. The Morgan fingerprint density at radius 3 is 2.95 bits per heavy atom. The molecule has 2 aliphatic heterocycles. The van der Waals surface area contributed by atoms with Crippen molar-refractivity contribution in [2.75, 3.05) is 26.3 Å². The van der Waals surface area contributed by atoms with Gasteiger partial charge in [-0.25, -0.2) is 8.78 Å². The Morgan fingerprint density at radius 1 is 1.48 bits per heavy atom. The minimum atomic E-state index is -2.56. The van der Waals surface area contributed by atoms with Crippen molar-refractivity contribution in [3.63, 3.8) is 0 Å². The fourth-order valence-corrected chi connectivity index (χ4v) is 3.07. The molecule has 3 nitrogen and oxygen atoms in total. The molecule has 2 saturated heterocycles. The van der Waals surface area contributed by atoms with Gasteiger partial charge in [0.1, 0.15) is 0 Å². The van der Waals surface area contributed by atoms with E-state index in [-0.39, 0.29) is 13.0 Å². The highest BCUT2D eigenvalue weighted by molar-refractivity contribution is 5.43. The first-order valence-corrected chi connectivity index (χ1v) is 7.37. The average molecular weight is 294 g/mol. The van der Waals surface area contributed by atoms with Crippen molar-refractivity contribution in [3.8, 4) is 0 Å². The third-order valence-electron chi connectivity index (χ3n) is 4.23. The van der Waals surface area contributed by atoms with Crippen molar-refractivity contribution in [1.82, 2.24) is 9.88 Å². The van der Waals surface area contributed by atoms with Gasteiger partial charge in [-0.2, -0.15) is 0 Å². The van der Waals surface area contributed by atoms with Crippen LogP contribution in [0, 0.1) is 0 Å². The van der Waals surface area contributed by atoms with Crippen molar-refractivity contribution in [1.29, 1.82) is 0 Å². The highest BCUT2D eigenvalue weighted by Gasteiger charge is 2.38. The number of alkyl halides is 2. The maximum absolute atomic E-state index is 13.3. The summed E-state index contributed by atoms with van der Waals surface area (Å²) in [6.07, 6.45) is 2.60. The first-order valence-electron chi connectivity index (χ1n) is 7.37. The molecule has 0 saturated carbocycles. The molecule has 0 spiro atoms. The predicted molar refractivity (Wildman–Crippen MR) is 77.3 cm³/mol. The SMILES string of the molecule is C=Cc1ccc(C2CCOC2)c(CN2CCC(F)(F)C2)n1. The van der Waals surface area contributed by atoms with Crippen LogP contribution >= 0.6 is 0 Å². The van der Waals surface area contributed by atoms with E-state index < -0.39 is 5.92 Å². The highest BCUT2D eigenvalue weighted by Crippen LogP contribution is 2.31. The number of rotatable bonds is 4. The van der Waals surface area contributed by atoms with Gasteiger partial charge in [0.15, 0.2) is 0 Å². The summed E-state index contributed by atoms with van der Waals surface area (Å²) >= 11 is 0. The summed E-state index contributed by atoms with van der Waals surface area (Å²) in [5.41, 5.74) is 2.81. The molecule has 3 rings (SSSR count). The van der Waals surface area contributed by atoms with E-state index >= 15 is 0 Å². The van der Waals surface area contributed by atoms with Crippen LogP contribution < -0.4 is 0 Å². The van der Waals surface area contributed by atoms with E-state index in [1.54, 1.807) is 11.0 Å². The quantitative estimate of drug-likeness (QED) is 0.853. The van der Waals surface area contributed by atoms with E-state index in [2.05, 4.69) is 11.6 Å². The van der Waals surface area contributed by atoms with Crippen LogP contribution in [0.1, 0.15) is 35.7 Å². The number of halogens is 2. The maximum atomic E-state index is 13.3. The molecule has 0 aliphatic carbocycles. The van der Waals surface area contributed by atoms with Crippen LogP contribution in [0.25, 0.3) is 6.08 Å². The Balaban J connectivity index is 1.82. The second kappa shape index (κ2) is 5.81. The normalized spacial score (nSPS) is 25.3. The van der Waals surface area contributed by atoms with Crippen LogP contribution in [0.2, 0.25) is 0 Å². The monoisotopic (exact) mass is 294 g/mol. The molecule has 0 radical (unpaired) electrons. The molecule has 2 fully saturated rings. The summed E-state index contributed by atoms with van der Waals surface area (Å²) in [5, 5.41) is 0. The second-order valence-electron chi connectivity index (χ2n) is 5.85. The van der Waals surface area contributed by atoms with E-state index in [0.717, 1.165) is 30.0 Å². The van der Waals surface area contributed by atoms with E-state index in [9.17, 15) is 8.78 Å². The lowest BCUT2D eigenvalue weighted by Crippen LogP contribution is -2.26. The topological polar surface area (TPSA) is 25.4 Å². The van der Waals surface area contributed by atoms with Crippen LogP contribution in [0.5, 0.6) is 0 Å². The number of hydrogen-bond acceptors (Lipinski definition) is 3. The van der Waals surface area contributed by atoms with Crippen LogP contribution in [-0.4, -0.2) is 42.1 Å². The summed E-state index contributed by atoms with van der Waals surface area (Å²) in [5.74, 6) is -2.23. The number of ether oxygens (including phenoxy) is 1. The summed E-state index contributed by atoms with van der Waals surface area (Å²) in [4.78, 5) is 6.37. The van der Waals surface area contributed by atoms with E-state index in [4.69, 9.17) is 4.74 Å². The van der Waals surface area contributed by atoms with Crippen LogP contribution in [0.3, 0.4) is 0 Å². The van der Waals surface area contributed by atoms with Crippen molar-refractivity contribution >= 4 is 6.08 Å². The number of hydrogen-bond donors (Lipinski definition) is 0.